The zero-order chi connectivity index (χ0) is 34.3. The summed E-state index contributed by atoms with van der Waals surface area (Å²) >= 11 is 6.20. The molecule has 1 saturated heterocycles. The molecule has 2 aliphatic heterocycles. The predicted octanol–water partition coefficient (Wildman–Crippen LogP) is 2.92. The number of rotatable bonds is 8. The number of halogens is 2. The fraction of sp³-hybridized carbons (Fsp3) is 0.455. The summed E-state index contributed by atoms with van der Waals surface area (Å²) in [6, 6.07) is 9.59. The Labute approximate surface area is 277 Å². The molecule has 0 saturated carbocycles. The number of carbonyl (C=O) groups is 2. The van der Waals surface area contributed by atoms with Crippen LogP contribution in [0.5, 0.6) is 5.75 Å². The molecule has 3 heterocycles. The molecular formula is C33H38ClFN4O7S. The van der Waals surface area contributed by atoms with Crippen molar-refractivity contribution < 1.29 is 27.1 Å². The zero-order valence-corrected chi connectivity index (χ0v) is 28.4. The second-order valence-electron chi connectivity index (χ2n) is 12.7. The Morgan fingerprint density at radius 3 is 2.40 bits per heavy atom. The number of hydrogen-bond donors (Lipinski definition) is 0. The van der Waals surface area contributed by atoms with Crippen molar-refractivity contribution in [3.63, 3.8) is 0 Å². The minimum absolute atomic E-state index is 0.00676. The third-order valence-corrected chi connectivity index (χ3v) is 11.8. The van der Waals surface area contributed by atoms with Gasteiger partial charge >= 0.3 is 5.69 Å². The Bertz CT molecular complexity index is 1950. The third-order valence-electron chi connectivity index (χ3n) is 9.28. The van der Waals surface area contributed by atoms with E-state index in [4.69, 9.17) is 16.3 Å². The molecule has 0 atom stereocenters. The van der Waals surface area contributed by atoms with E-state index in [1.807, 2.05) is 23.1 Å². The molecule has 0 N–H and O–H groups in total. The van der Waals surface area contributed by atoms with Crippen molar-refractivity contribution in [1.82, 2.24) is 18.9 Å². The number of likely N-dealkylation sites (tertiary alicyclic amines) is 1. The Morgan fingerprint density at radius 2 is 1.74 bits per heavy atom. The summed E-state index contributed by atoms with van der Waals surface area (Å²) in [7, 11) is -2.11. The average Bonchev–Trinajstić information content (AvgIpc) is 3.19. The SMILES string of the molecule is COc1ccc2c(c1)CCN(C1CCN(C(=O)Cn3cc(-c4cccc(F)c4Cl)c(=O)n(CC(C)(C)S(C)(=O)=O)c3=O)CC1)C(=O)C2. The first-order valence-corrected chi connectivity index (χ1v) is 17.6. The number of hydrogen-bond acceptors (Lipinski definition) is 7. The van der Waals surface area contributed by atoms with Gasteiger partial charge in [0.05, 0.1) is 28.9 Å². The number of nitrogens with zero attached hydrogens (tertiary/aromatic N) is 4. The molecule has 47 heavy (non-hydrogen) atoms. The number of ether oxygens (including phenoxy) is 1. The van der Waals surface area contributed by atoms with Gasteiger partial charge in [-0.2, -0.15) is 0 Å². The number of sulfone groups is 1. The van der Waals surface area contributed by atoms with Crippen LogP contribution in [0.1, 0.15) is 37.8 Å². The molecule has 1 fully saturated rings. The van der Waals surface area contributed by atoms with E-state index in [0.29, 0.717) is 45.3 Å². The fourth-order valence-corrected chi connectivity index (χ4v) is 6.72. The van der Waals surface area contributed by atoms with Gasteiger partial charge in [0.25, 0.3) is 5.56 Å². The lowest BCUT2D eigenvalue weighted by Crippen LogP contribution is -2.51. The first-order valence-electron chi connectivity index (χ1n) is 15.3. The van der Waals surface area contributed by atoms with Gasteiger partial charge in [0, 0.05) is 50.2 Å². The number of benzene rings is 2. The molecule has 0 bridgehead atoms. The predicted molar refractivity (Wildman–Crippen MR) is 176 cm³/mol. The number of carbonyl (C=O) groups excluding carboxylic acids is 2. The lowest BCUT2D eigenvalue weighted by Gasteiger charge is -2.38. The van der Waals surface area contributed by atoms with Crippen molar-refractivity contribution in [1.29, 1.82) is 0 Å². The van der Waals surface area contributed by atoms with Gasteiger partial charge in [0.1, 0.15) is 18.1 Å². The van der Waals surface area contributed by atoms with Gasteiger partial charge < -0.3 is 14.5 Å². The van der Waals surface area contributed by atoms with E-state index in [2.05, 4.69) is 0 Å². The van der Waals surface area contributed by atoms with E-state index in [0.717, 1.165) is 38.3 Å². The molecule has 11 nitrogen and oxygen atoms in total. The summed E-state index contributed by atoms with van der Waals surface area (Å²) in [5.74, 6) is -0.393. The highest BCUT2D eigenvalue weighted by atomic mass is 35.5. The molecule has 14 heteroatoms. The van der Waals surface area contributed by atoms with E-state index in [1.165, 1.54) is 32.2 Å². The molecule has 252 valence electrons. The van der Waals surface area contributed by atoms with E-state index >= 15 is 0 Å². The second-order valence-corrected chi connectivity index (χ2v) is 15.8. The highest BCUT2D eigenvalue weighted by Gasteiger charge is 2.34. The van der Waals surface area contributed by atoms with Gasteiger partial charge in [-0.25, -0.2) is 17.6 Å². The summed E-state index contributed by atoms with van der Waals surface area (Å²) in [4.78, 5) is 57.5. The van der Waals surface area contributed by atoms with Crippen molar-refractivity contribution in [2.24, 2.45) is 0 Å². The number of methoxy groups -OCH3 is 1. The number of amides is 2. The van der Waals surface area contributed by atoms with Crippen LogP contribution in [-0.4, -0.2) is 83.0 Å². The molecule has 3 aromatic rings. The van der Waals surface area contributed by atoms with Crippen LogP contribution in [-0.2, 0) is 45.4 Å². The van der Waals surface area contributed by atoms with Gasteiger partial charge in [-0.1, -0.05) is 29.8 Å². The Morgan fingerprint density at radius 1 is 1.04 bits per heavy atom. The van der Waals surface area contributed by atoms with Crippen molar-refractivity contribution in [3.8, 4) is 16.9 Å². The largest absolute Gasteiger partial charge is 0.497 e. The summed E-state index contributed by atoms with van der Waals surface area (Å²) in [5.41, 5.74) is 0.189. The highest BCUT2D eigenvalue weighted by molar-refractivity contribution is 7.92. The molecule has 0 radical (unpaired) electrons. The maximum atomic E-state index is 14.4. The summed E-state index contributed by atoms with van der Waals surface area (Å²) in [6.07, 6.45) is 4.28. The Balaban J connectivity index is 1.36. The topological polar surface area (TPSA) is 128 Å². The van der Waals surface area contributed by atoms with Crippen LogP contribution in [0.3, 0.4) is 0 Å². The lowest BCUT2D eigenvalue weighted by atomic mass is 10.0. The highest BCUT2D eigenvalue weighted by Crippen LogP contribution is 2.29. The molecular weight excluding hydrogens is 651 g/mol. The third kappa shape index (κ3) is 7.01. The Kier molecular flexibility index (Phi) is 9.70. The van der Waals surface area contributed by atoms with E-state index in [9.17, 15) is 32.0 Å². The molecule has 5 rings (SSSR count). The first kappa shape index (κ1) is 34.4. The van der Waals surface area contributed by atoms with Crippen LogP contribution in [0, 0.1) is 5.82 Å². The summed E-state index contributed by atoms with van der Waals surface area (Å²) in [5, 5.41) is -0.345. The smallest absolute Gasteiger partial charge is 0.331 e. The fourth-order valence-electron chi connectivity index (χ4n) is 6.12. The van der Waals surface area contributed by atoms with Crippen LogP contribution in [0.15, 0.2) is 52.2 Å². The van der Waals surface area contributed by atoms with Crippen molar-refractivity contribution >= 4 is 33.3 Å². The maximum Gasteiger partial charge on any atom is 0.331 e. The van der Waals surface area contributed by atoms with Gasteiger partial charge in [-0.05, 0) is 62.4 Å². The Hall–Kier alpha value is -3.97. The molecule has 2 aliphatic rings. The van der Waals surface area contributed by atoms with E-state index < -0.39 is 50.6 Å². The average molecular weight is 689 g/mol. The first-order chi connectivity index (χ1) is 22.1. The zero-order valence-electron chi connectivity index (χ0n) is 26.8. The monoisotopic (exact) mass is 688 g/mol. The molecule has 1 aromatic heterocycles. The standard InChI is InChI=1S/C33H38ClFN4O7S/c1-33(2,47(4,44)45)20-39-31(42)26(25-6-5-7-27(35)30(25)34)18-37(32(39)43)19-29(41)36-13-11-23(12-14-36)38-15-10-22-16-24(46-3)9-8-21(22)17-28(38)40/h5-9,16,18,23H,10-15,17,19-20H2,1-4H3. The summed E-state index contributed by atoms with van der Waals surface area (Å²) in [6.45, 7) is 3.11. The number of fused-ring (bicyclic) bond motifs is 1. The van der Waals surface area contributed by atoms with Crippen molar-refractivity contribution in [2.45, 2.75) is 63.4 Å². The minimum atomic E-state index is -3.72. The quantitative estimate of drug-likeness (QED) is 0.356. The van der Waals surface area contributed by atoms with Crippen molar-refractivity contribution in [3.05, 3.63) is 85.4 Å². The molecule has 0 spiro atoms. The molecule has 2 aromatic carbocycles. The van der Waals surface area contributed by atoms with Crippen LogP contribution in [0.4, 0.5) is 4.39 Å². The molecule has 0 aliphatic carbocycles. The summed E-state index contributed by atoms with van der Waals surface area (Å²) < 4.78 is 45.0. The number of piperidine rings is 1. The van der Waals surface area contributed by atoms with Gasteiger partial charge in [-0.3, -0.25) is 23.5 Å². The van der Waals surface area contributed by atoms with Crippen LogP contribution in [0.2, 0.25) is 5.02 Å². The minimum Gasteiger partial charge on any atom is -0.497 e. The van der Waals surface area contributed by atoms with Crippen LogP contribution < -0.4 is 16.0 Å². The number of aromatic nitrogens is 2. The maximum absolute atomic E-state index is 14.4. The second kappa shape index (κ2) is 13.3. The van der Waals surface area contributed by atoms with Crippen LogP contribution >= 0.6 is 11.6 Å². The lowest BCUT2D eigenvalue weighted by molar-refractivity contribution is -0.136. The normalized spacial score (nSPS) is 16.2. The van der Waals surface area contributed by atoms with Gasteiger partial charge in [-0.15, -0.1) is 0 Å². The van der Waals surface area contributed by atoms with Gasteiger partial charge in [0.15, 0.2) is 9.84 Å². The van der Waals surface area contributed by atoms with Crippen molar-refractivity contribution in [2.75, 3.05) is 33.0 Å². The molecule has 0 unspecified atom stereocenters. The van der Waals surface area contributed by atoms with E-state index in [1.54, 1.807) is 12.0 Å². The van der Waals surface area contributed by atoms with E-state index in [-0.39, 0.29) is 28.1 Å². The molecule has 2 amide bonds. The van der Waals surface area contributed by atoms with Crippen LogP contribution in [0.25, 0.3) is 11.1 Å². The van der Waals surface area contributed by atoms with Gasteiger partial charge in [0.2, 0.25) is 11.8 Å².